The minimum absolute atomic E-state index is 0.420. The molecule has 2 aliphatic rings. The summed E-state index contributed by atoms with van der Waals surface area (Å²) in [5, 5.41) is 0. The van der Waals surface area contributed by atoms with Crippen LogP contribution in [0.3, 0.4) is 0 Å². The van der Waals surface area contributed by atoms with E-state index in [0.717, 1.165) is 19.6 Å². The van der Waals surface area contributed by atoms with E-state index in [1.54, 1.807) is 0 Å². The Morgan fingerprint density at radius 3 is 1.81 bits per heavy atom. The van der Waals surface area contributed by atoms with E-state index in [4.69, 9.17) is 0 Å². The molecule has 0 aromatic heterocycles. The molecule has 0 saturated carbocycles. The van der Waals surface area contributed by atoms with Crippen LogP contribution in [-0.4, -0.2) is 58.6 Å². The summed E-state index contributed by atoms with van der Waals surface area (Å²) in [7, 11) is 2.21. The summed E-state index contributed by atoms with van der Waals surface area (Å²) in [4.78, 5) is 9.89. The summed E-state index contributed by atoms with van der Waals surface area (Å²) in [6.45, 7) is 10.2. The van der Waals surface area contributed by atoms with E-state index >= 15 is 0 Å². The molecule has 0 fully saturated rings. The van der Waals surface area contributed by atoms with Crippen LogP contribution in [0.2, 0.25) is 0 Å². The van der Waals surface area contributed by atoms with Gasteiger partial charge in [-0.05, 0) is 19.8 Å². The zero-order valence-electron chi connectivity index (χ0n) is 14.2. The largest absolute Gasteiger partial charge is 0.356 e. The molecule has 21 heavy (non-hydrogen) atoms. The first-order valence-electron chi connectivity index (χ1n) is 8.58. The maximum Gasteiger partial charge on any atom is 0.141 e. The molecule has 4 heteroatoms. The van der Waals surface area contributed by atoms with Crippen molar-refractivity contribution in [2.75, 3.05) is 26.7 Å². The van der Waals surface area contributed by atoms with Gasteiger partial charge in [0.15, 0.2) is 0 Å². The van der Waals surface area contributed by atoms with Gasteiger partial charge in [0.25, 0.3) is 0 Å². The van der Waals surface area contributed by atoms with Gasteiger partial charge in [0.05, 0.1) is 0 Å². The first-order valence-corrected chi connectivity index (χ1v) is 8.58. The highest BCUT2D eigenvalue weighted by Crippen LogP contribution is 2.28. The molecule has 0 saturated heterocycles. The number of nitrogens with zero attached hydrogens (tertiary/aromatic N) is 4. The van der Waals surface area contributed by atoms with Crippen LogP contribution < -0.4 is 0 Å². The summed E-state index contributed by atoms with van der Waals surface area (Å²) >= 11 is 0. The summed E-state index contributed by atoms with van der Waals surface area (Å²) < 4.78 is 0. The molecule has 0 N–H and O–H groups in total. The zero-order chi connectivity index (χ0) is 15.2. The highest BCUT2D eigenvalue weighted by molar-refractivity contribution is 5.07. The molecule has 0 aliphatic carbocycles. The average Bonchev–Trinajstić information content (AvgIpc) is 3.05. The third-order valence-electron chi connectivity index (χ3n) is 4.55. The first-order chi connectivity index (χ1) is 10.2. The second kappa shape index (κ2) is 7.62. The van der Waals surface area contributed by atoms with Gasteiger partial charge in [-0.15, -0.1) is 0 Å². The van der Waals surface area contributed by atoms with Crippen LogP contribution in [0.25, 0.3) is 0 Å². The highest BCUT2D eigenvalue weighted by Gasteiger charge is 2.39. The Labute approximate surface area is 130 Å². The van der Waals surface area contributed by atoms with Crippen LogP contribution in [0.4, 0.5) is 0 Å². The molecule has 2 unspecified atom stereocenters. The van der Waals surface area contributed by atoms with E-state index in [1.165, 1.54) is 25.7 Å². The summed E-state index contributed by atoms with van der Waals surface area (Å²) in [5.41, 5.74) is 0. The van der Waals surface area contributed by atoms with Gasteiger partial charge in [0, 0.05) is 51.5 Å². The van der Waals surface area contributed by atoms with E-state index in [9.17, 15) is 0 Å². The van der Waals surface area contributed by atoms with Crippen LogP contribution in [0, 0.1) is 0 Å². The number of hydrogen-bond acceptors (Lipinski definition) is 4. The molecule has 2 rings (SSSR count). The fraction of sp³-hybridized carbons (Fsp3) is 0.765. The monoisotopic (exact) mass is 292 g/mol. The van der Waals surface area contributed by atoms with Crippen molar-refractivity contribution < 1.29 is 0 Å². The molecule has 0 aromatic carbocycles. The van der Waals surface area contributed by atoms with Gasteiger partial charge in [0.1, 0.15) is 12.3 Å². The van der Waals surface area contributed by atoms with Crippen molar-refractivity contribution in [3.05, 3.63) is 24.8 Å². The molecule has 120 valence electrons. The maximum atomic E-state index is 2.53. The predicted octanol–water partition coefficient (Wildman–Crippen LogP) is 3.07. The third-order valence-corrected chi connectivity index (χ3v) is 4.55. The molecule has 0 bridgehead atoms. The zero-order valence-corrected chi connectivity index (χ0v) is 14.2. The molecule has 2 atom stereocenters. The molecule has 4 nitrogen and oxygen atoms in total. The number of likely N-dealkylation sites (N-methyl/N-ethyl adjacent to an activating group) is 2. The van der Waals surface area contributed by atoms with Gasteiger partial charge in [-0.1, -0.05) is 26.7 Å². The number of hydrogen-bond donors (Lipinski definition) is 0. The maximum absolute atomic E-state index is 2.53. The molecule has 0 radical (unpaired) electrons. The lowest BCUT2D eigenvalue weighted by Crippen LogP contribution is -2.57. The van der Waals surface area contributed by atoms with Crippen molar-refractivity contribution >= 4 is 0 Å². The second-order valence-electron chi connectivity index (χ2n) is 6.10. The van der Waals surface area contributed by atoms with Crippen molar-refractivity contribution in [1.82, 2.24) is 19.6 Å². The van der Waals surface area contributed by atoms with Crippen LogP contribution in [0.1, 0.15) is 46.5 Å². The quantitative estimate of drug-likeness (QED) is 0.681. The van der Waals surface area contributed by atoms with E-state index in [2.05, 4.69) is 72.2 Å². The Bertz CT molecular complexity index is 366. The van der Waals surface area contributed by atoms with E-state index < -0.39 is 0 Å². The Balaban J connectivity index is 2.10. The number of rotatable bonds is 8. The smallest absolute Gasteiger partial charge is 0.141 e. The van der Waals surface area contributed by atoms with Crippen molar-refractivity contribution in [2.24, 2.45) is 0 Å². The topological polar surface area (TPSA) is 13.0 Å². The Morgan fingerprint density at radius 2 is 1.24 bits per heavy atom. The standard InChI is InChI=1S/C17H32N4/c1-5-8-10-20-13-12-18(4)16(20)17-19(7-3)14-15-21(17)11-9-6-2/h12-17H,5-11H2,1-4H3. The molecular weight excluding hydrogens is 260 g/mol. The molecular formula is C17H32N4. The van der Waals surface area contributed by atoms with Gasteiger partial charge in [0.2, 0.25) is 0 Å². The second-order valence-corrected chi connectivity index (χ2v) is 6.10. The van der Waals surface area contributed by atoms with Crippen LogP contribution >= 0.6 is 0 Å². The number of unbranched alkanes of at least 4 members (excludes halogenated alkanes) is 2. The van der Waals surface area contributed by atoms with Gasteiger partial charge in [-0.25, -0.2) is 0 Å². The molecule has 2 heterocycles. The first kappa shape index (κ1) is 16.1. The summed E-state index contributed by atoms with van der Waals surface area (Å²) in [6.07, 6.45) is 14.9. The molecule has 2 aliphatic heterocycles. The lowest BCUT2D eigenvalue weighted by Gasteiger charge is -2.43. The Morgan fingerprint density at radius 1 is 0.714 bits per heavy atom. The Hall–Kier alpha value is -1.32. The average molecular weight is 292 g/mol. The van der Waals surface area contributed by atoms with Gasteiger partial charge in [-0.2, -0.15) is 0 Å². The third kappa shape index (κ3) is 3.47. The fourth-order valence-electron chi connectivity index (χ4n) is 3.25. The SMILES string of the molecule is CCCCN1C=CN(C)C1C1N(CC)C=CN1CCCC. The van der Waals surface area contributed by atoms with Crippen molar-refractivity contribution in [3.8, 4) is 0 Å². The van der Waals surface area contributed by atoms with Gasteiger partial charge < -0.3 is 19.6 Å². The minimum atomic E-state index is 0.420. The van der Waals surface area contributed by atoms with E-state index in [1.807, 2.05) is 0 Å². The van der Waals surface area contributed by atoms with Gasteiger partial charge in [-0.3, -0.25) is 0 Å². The molecule has 0 aromatic rings. The minimum Gasteiger partial charge on any atom is -0.356 e. The highest BCUT2D eigenvalue weighted by atomic mass is 15.5. The van der Waals surface area contributed by atoms with Crippen molar-refractivity contribution in [3.63, 3.8) is 0 Å². The fourth-order valence-corrected chi connectivity index (χ4v) is 3.25. The van der Waals surface area contributed by atoms with Crippen molar-refractivity contribution in [1.29, 1.82) is 0 Å². The lowest BCUT2D eigenvalue weighted by atomic mass is 10.2. The van der Waals surface area contributed by atoms with Crippen LogP contribution in [0.5, 0.6) is 0 Å². The predicted molar refractivity (Wildman–Crippen MR) is 89.2 cm³/mol. The normalized spacial score (nSPS) is 24.8. The Kier molecular flexibility index (Phi) is 5.83. The van der Waals surface area contributed by atoms with Crippen molar-refractivity contribution in [2.45, 2.75) is 58.8 Å². The molecule has 0 amide bonds. The summed E-state index contributed by atoms with van der Waals surface area (Å²) in [6, 6.07) is 0. The van der Waals surface area contributed by atoms with Gasteiger partial charge >= 0.3 is 0 Å². The van der Waals surface area contributed by atoms with Crippen LogP contribution in [-0.2, 0) is 0 Å². The lowest BCUT2D eigenvalue weighted by molar-refractivity contribution is 0.0152. The van der Waals surface area contributed by atoms with E-state index in [0.29, 0.717) is 12.3 Å². The van der Waals surface area contributed by atoms with E-state index in [-0.39, 0.29) is 0 Å². The summed E-state index contributed by atoms with van der Waals surface area (Å²) in [5.74, 6) is 0. The molecule has 0 spiro atoms. The van der Waals surface area contributed by atoms with Crippen LogP contribution in [0.15, 0.2) is 24.8 Å².